The molecule has 0 radical (unpaired) electrons. The summed E-state index contributed by atoms with van der Waals surface area (Å²) in [7, 11) is 0. The molecule has 0 heterocycles. The number of primary amides is 1. The molecule has 0 aliphatic heterocycles. The Morgan fingerprint density at radius 2 is 2.17 bits per heavy atom. The molecule has 5 N–H and O–H groups in total. The zero-order valence-electron chi connectivity index (χ0n) is 10.3. The van der Waals surface area contributed by atoms with Crippen LogP contribution in [0, 0.1) is 0 Å². The van der Waals surface area contributed by atoms with Gasteiger partial charge in [-0.2, -0.15) is 0 Å². The highest BCUT2D eigenvalue weighted by Crippen LogP contribution is 2.29. The van der Waals surface area contributed by atoms with E-state index in [2.05, 4.69) is 5.32 Å². The van der Waals surface area contributed by atoms with Gasteiger partial charge in [0, 0.05) is 22.7 Å². The lowest BCUT2D eigenvalue weighted by atomic mass is 10.2. The van der Waals surface area contributed by atoms with E-state index < -0.39 is 0 Å². The highest BCUT2D eigenvalue weighted by Gasteiger charge is 2.22. The van der Waals surface area contributed by atoms with Crippen LogP contribution in [0.4, 0.5) is 5.69 Å². The van der Waals surface area contributed by atoms with Crippen molar-refractivity contribution in [3.63, 3.8) is 0 Å². The lowest BCUT2D eigenvalue weighted by Gasteiger charge is -2.16. The standard InChI is InChI=1S/C13H19N3OS/c14-9-5-6-10(7-9)16-11-3-1-2-4-12(11)18-8-13(15)17/h1-4,9-10,16H,5-8,14H2,(H2,15,17). The third kappa shape index (κ3) is 3.65. The first-order chi connectivity index (χ1) is 8.65. The number of nitrogens with two attached hydrogens (primary N) is 2. The Morgan fingerprint density at radius 1 is 1.39 bits per heavy atom. The van der Waals surface area contributed by atoms with Gasteiger partial charge in [-0.05, 0) is 31.4 Å². The molecule has 2 unspecified atom stereocenters. The average Bonchev–Trinajstić information content (AvgIpc) is 2.73. The van der Waals surface area contributed by atoms with Crippen molar-refractivity contribution in [1.82, 2.24) is 0 Å². The van der Waals surface area contributed by atoms with E-state index in [0.717, 1.165) is 29.8 Å². The van der Waals surface area contributed by atoms with Crippen LogP contribution in [0.1, 0.15) is 19.3 Å². The van der Waals surface area contributed by atoms with E-state index in [-0.39, 0.29) is 5.91 Å². The van der Waals surface area contributed by atoms with Gasteiger partial charge in [-0.3, -0.25) is 4.79 Å². The average molecular weight is 265 g/mol. The number of anilines is 1. The number of thioether (sulfide) groups is 1. The number of nitrogens with one attached hydrogen (secondary N) is 1. The molecule has 0 saturated heterocycles. The second-order valence-electron chi connectivity index (χ2n) is 4.67. The SMILES string of the molecule is NC(=O)CSc1ccccc1NC1CCC(N)C1. The van der Waals surface area contributed by atoms with E-state index in [1.807, 2.05) is 24.3 Å². The van der Waals surface area contributed by atoms with Crippen LogP contribution >= 0.6 is 11.8 Å². The quantitative estimate of drug-likeness (QED) is 0.706. The number of hydrogen-bond donors (Lipinski definition) is 3. The number of rotatable bonds is 5. The molecule has 98 valence electrons. The smallest absolute Gasteiger partial charge is 0.227 e. The van der Waals surface area contributed by atoms with Gasteiger partial charge < -0.3 is 16.8 Å². The molecule has 1 aromatic carbocycles. The fourth-order valence-electron chi connectivity index (χ4n) is 2.23. The molecule has 18 heavy (non-hydrogen) atoms. The predicted molar refractivity (Wildman–Crippen MR) is 75.6 cm³/mol. The molecule has 1 amide bonds. The minimum Gasteiger partial charge on any atom is -0.381 e. The van der Waals surface area contributed by atoms with Gasteiger partial charge in [0.2, 0.25) is 5.91 Å². The molecule has 1 fully saturated rings. The summed E-state index contributed by atoms with van der Waals surface area (Å²) in [5, 5.41) is 3.51. The Hall–Kier alpha value is -1.20. The number of hydrogen-bond acceptors (Lipinski definition) is 4. The molecule has 5 heteroatoms. The Labute approximate surface area is 111 Å². The maximum atomic E-state index is 10.8. The monoisotopic (exact) mass is 265 g/mol. The van der Waals surface area contributed by atoms with Crippen LogP contribution in [0.25, 0.3) is 0 Å². The zero-order chi connectivity index (χ0) is 13.0. The Balaban J connectivity index is 2.00. The van der Waals surface area contributed by atoms with Gasteiger partial charge in [0.05, 0.1) is 5.75 Å². The second-order valence-corrected chi connectivity index (χ2v) is 5.68. The Bertz CT molecular complexity index is 424. The Morgan fingerprint density at radius 3 is 2.83 bits per heavy atom. The summed E-state index contributed by atoms with van der Waals surface area (Å²) in [5.41, 5.74) is 12.2. The summed E-state index contributed by atoms with van der Waals surface area (Å²) >= 11 is 1.47. The molecule has 0 aromatic heterocycles. The molecular weight excluding hydrogens is 246 g/mol. The predicted octanol–water partition coefficient (Wildman–Crippen LogP) is 1.56. The highest BCUT2D eigenvalue weighted by atomic mass is 32.2. The maximum Gasteiger partial charge on any atom is 0.227 e. The number of amides is 1. The van der Waals surface area contributed by atoms with Crippen LogP contribution in [0.3, 0.4) is 0 Å². The van der Waals surface area contributed by atoms with Crippen molar-refractivity contribution < 1.29 is 4.79 Å². The summed E-state index contributed by atoms with van der Waals surface area (Å²) in [4.78, 5) is 11.9. The zero-order valence-corrected chi connectivity index (χ0v) is 11.1. The molecule has 1 aliphatic carbocycles. The van der Waals surface area contributed by atoms with E-state index in [0.29, 0.717) is 17.8 Å². The first-order valence-corrected chi connectivity index (χ1v) is 7.16. The van der Waals surface area contributed by atoms with Crippen LogP contribution < -0.4 is 16.8 Å². The van der Waals surface area contributed by atoms with Crippen molar-refractivity contribution in [2.45, 2.75) is 36.2 Å². The van der Waals surface area contributed by atoms with Gasteiger partial charge in [0.25, 0.3) is 0 Å². The Kier molecular flexibility index (Phi) is 4.49. The van der Waals surface area contributed by atoms with E-state index >= 15 is 0 Å². The fourth-order valence-corrected chi connectivity index (χ4v) is 2.98. The minimum atomic E-state index is -0.294. The lowest BCUT2D eigenvalue weighted by Crippen LogP contribution is -2.21. The molecule has 0 spiro atoms. The second kappa shape index (κ2) is 6.11. The molecule has 1 saturated carbocycles. The largest absolute Gasteiger partial charge is 0.381 e. The summed E-state index contributed by atoms with van der Waals surface area (Å²) in [6.45, 7) is 0. The normalized spacial score (nSPS) is 22.9. The van der Waals surface area contributed by atoms with Crippen molar-refractivity contribution in [3.05, 3.63) is 24.3 Å². The molecule has 1 aliphatic rings. The van der Waals surface area contributed by atoms with Gasteiger partial charge in [-0.25, -0.2) is 0 Å². The molecule has 2 atom stereocenters. The topological polar surface area (TPSA) is 81.1 Å². The summed E-state index contributed by atoms with van der Waals surface area (Å²) in [5.74, 6) is 0.0146. The number of para-hydroxylation sites is 1. The van der Waals surface area contributed by atoms with Gasteiger partial charge in [-0.1, -0.05) is 12.1 Å². The van der Waals surface area contributed by atoms with Gasteiger partial charge in [0.1, 0.15) is 0 Å². The van der Waals surface area contributed by atoms with Gasteiger partial charge in [-0.15, -0.1) is 11.8 Å². The highest BCUT2D eigenvalue weighted by molar-refractivity contribution is 8.00. The number of carbonyl (C=O) groups is 1. The molecule has 1 aromatic rings. The fraction of sp³-hybridized carbons (Fsp3) is 0.462. The first kappa shape index (κ1) is 13.2. The molecule has 0 bridgehead atoms. The van der Waals surface area contributed by atoms with E-state index in [1.54, 1.807) is 0 Å². The van der Waals surface area contributed by atoms with Crippen molar-refractivity contribution in [2.75, 3.05) is 11.1 Å². The number of carbonyl (C=O) groups excluding carboxylic acids is 1. The maximum absolute atomic E-state index is 10.8. The number of benzene rings is 1. The van der Waals surface area contributed by atoms with Crippen molar-refractivity contribution in [3.8, 4) is 0 Å². The van der Waals surface area contributed by atoms with E-state index in [1.165, 1.54) is 11.8 Å². The van der Waals surface area contributed by atoms with Crippen molar-refractivity contribution in [2.24, 2.45) is 11.5 Å². The molecule has 2 rings (SSSR count). The van der Waals surface area contributed by atoms with Crippen LogP contribution in [-0.2, 0) is 4.79 Å². The van der Waals surface area contributed by atoms with Crippen molar-refractivity contribution >= 4 is 23.4 Å². The van der Waals surface area contributed by atoms with Crippen LogP contribution in [0.5, 0.6) is 0 Å². The third-order valence-electron chi connectivity index (χ3n) is 3.09. The molecule has 4 nitrogen and oxygen atoms in total. The van der Waals surface area contributed by atoms with E-state index in [9.17, 15) is 4.79 Å². The molecular formula is C13H19N3OS. The summed E-state index contributed by atoms with van der Waals surface area (Å²) in [6, 6.07) is 8.75. The van der Waals surface area contributed by atoms with Crippen LogP contribution in [0.2, 0.25) is 0 Å². The lowest BCUT2D eigenvalue weighted by molar-refractivity contribution is -0.115. The van der Waals surface area contributed by atoms with E-state index in [4.69, 9.17) is 11.5 Å². The van der Waals surface area contributed by atoms with Gasteiger partial charge in [0.15, 0.2) is 0 Å². The summed E-state index contributed by atoms with van der Waals surface area (Å²) in [6.07, 6.45) is 3.19. The third-order valence-corrected chi connectivity index (χ3v) is 4.19. The van der Waals surface area contributed by atoms with Gasteiger partial charge >= 0.3 is 0 Å². The van der Waals surface area contributed by atoms with Crippen molar-refractivity contribution in [1.29, 1.82) is 0 Å². The van der Waals surface area contributed by atoms with Crippen LogP contribution in [0.15, 0.2) is 29.2 Å². The van der Waals surface area contributed by atoms with Crippen LogP contribution in [-0.4, -0.2) is 23.7 Å². The minimum absolute atomic E-state index is 0.294. The summed E-state index contributed by atoms with van der Waals surface area (Å²) < 4.78 is 0. The first-order valence-electron chi connectivity index (χ1n) is 6.17.